The van der Waals surface area contributed by atoms with Crippen molar-refractivity contribution in [3.63, 3.8) is 0 Å². The highest BCUT2D eigenvalue weighted by Gasteiger charge is 2.34. The van der Waals surface area contributed by atoms with Gasteiger partial charge in [-0.1, -0.05) is 6.08 Å². The predicted octanol–water partition coefficient (Wildman–Crippen LogP) is 2.83. The van der Waals surface area contributed by atoms with Gasteiger partial charge in [0.1, 0.15) is 23.5 Å². The van der Waals surface area contributed by atoms with Crippen LogP contribution in [0.5, 0.6) is 0 Å². The van der Waals surface area contributed by atoms with Crippen LogP contribution in [0.4, 0.5) is 5.82 Å². The molecule has 2 rings (SSSR count). The van der Waals surface area contributed by atoms with Gasteiger partial charge in [0.15, 0.2) is 0 Å². The summed E-state index contributed by atoms with van der Waals surface area (Å²) in [6.45, 7) is 11.4. The summed E-state index contributed by atoms with van der Waals surface area (Å²) < 4.78 is 5.93. The molecule has 1 aromatic heterocycles. The maximum Gasteiger partial charge on any atom is 0.261 e. The highest BCUT2D eigenvalue weighted by Crippen LogP contribution is 2.26. The van der Waals surface area contributed by atoms with Crippen molar-refractivity contribution in [1.29, 1.82) is 5.41 Å². The molecule has 1 unspecified atom stereocenters. The van der Waals surface area contributed by atoms with Gasteiger partial charge in [-0.3, -0.25) is 9.69 Å². The second kappa shape index (κ2) is 8.80. The van der Waals surface area contributed by atoms with Crippen LogP contribution in [0.25, 0.3) is 0 Å². The van der Waals surface area contributed by atoms with E-state index in [1.807, 2.05) is 52.8 Å². The third kappa shape index (κ3) is 4.60. The highest BCUT2D eigenvalue weighted by molar-refractivity contribution is 5.83. The molecule has 0 bridgehead atoms. The van der Waals surface area contributed by atoms with Crippen LogP contribution < -0.4 is 10.9 Å². The van der Waals surface area contributed by atoms with Gasteiger partial charge in [-0.2, -0.15) is 0 Å². The maximum atomic E-state index is 12.3. The molecule has 0 aromatic carbocycles. The molecule has 0 saturated carbocycles. The largest absolute Gasteiger partial charge is 0.488 e. The maximum absolute atomic E-state index is 12.3. The molecule has 1 fully saturated rings. The Morgan fingerprint density at radius 3 is 2.62 bits per heavy atom. The SMILES string of the molecule is CC=CC(=CC)OC1CN(C(C)c2nc(NC(C)C)c(C=N)c(=O)[nH]2)C1. The fourth-order valence-corrected chi connectivity index (χ4v) is 2.81. The third-order valence-corrected chi connectivity index (χ3v) is 4.28. The fraction of sp³-hybridized carbons (Fsp3) is 0.526. The predicted molar refractivity (Wildman–Crippen MR) is 105 cm³/mol. The van der Waals surface area contributed by atoms with Crippen molar-refractivity contribution in [1.82, 2.24) is 14.9 Å². The van der Waals surface area contributed by atoms with Crippen molar-refractivity contribution in [3.05, 3.63) is 45.7 Å². The van der Waals surface area contributed by atoms with E-state index in [2.05, 4.69) is 20.2 Å². The number of hydrogen-bond acceptors (Lipinski definition) is 6. The minimum Gasteiger partial charge on any atom is -0.488 e. The first-order valence-corrected chi connectivity index (χ1v) is 9.00. The van der Waals surface area contributed by atoms with E-state index in [0.717, 1.165) is 25.1 Å². The number of rotatable bonds is 8. The van der Waals surface area contributed by atoms with Crippen LogP contribution in [-0.4, -0.2) is 46.3 Å². The average Bonchev–Trinajstić information content (AvgIpc) is 2.55. The summed E-state index contributed by atoms with van der Waals surface area (Å²) in [6, 6.07) is 0.0876. The van der Waals surface area contributed by atoms with Crippen molar-refractivity contribution < 1.29 is 4.74 Å². The summed E-state index contributed by atoms with van der Waals surface area (Å²) in [6.07, 6.45) is 7.03. The number of hydrogen-bond donors (Lipinski definition) is 3. The second-order valence-corrected chi connectivity index (χ2v) is 6.72. The van der Waals surface area contributed by atoms with Crippen LogP contribution in [-0.2, 0) is 4.74 Å². The Bertz CT molecular complexity index is 745. The van der Waals surface area contributed by atoms with Crippen LogP contribution in [0, 0.1) is 5.41 Å². The number of allylic oxidation sites excluding steroid dienone is 3. The summed E-state index contributed by atoms with van der Waals surface area (Å²) in [5.74, 6) is 1.93. The Kier molecular flexibility index (Phi) is 6.74. The van der Waals surface area contributed by atoms with E-state index in [1.54, 1.807) is 0 Å². The lowest BCUT2D eigenvalue weighted by Crippen LogP contribution is -2.53. The minimum absolute atomic E-state index is 0.0363. The lowest BCUT2D eigenvalue weighted by Gasteiger charge is -2.42. The molecule has 1 aliphatic rings. The Hall–Kier alpha value is -2.41. The van der Waals surface area contributed by atoms with E-state index in [4.69, 9.17) is 10.1 Å². The molecule has 1 aromatic rings. The van der Waals surface area contributed by atoms with E-state index in [-0.39, 0.29) is 29.3 Å². The normalized spacial score (nSPS) is 17.4. The first-order valence-electron chi connectivity index (χ1n) is 9.00. The van der Waals surface area contributed by atoms with Gasteiger partial charge in [0.2, 0.25) is 0 Å². The first-order chi connectivity index (χ1) is 12.4. The molecule has 7 nitrogen and oxygen atoms in total. The molecule has 0 amide bonds. The van der Waals surface area contributed by atoms with Gasteiger partial charge in [0, 0.05) is 25.3 Å². The number of anilines is 1. The summed E-state index contributed by atoms with van der Waals surface area (Å²) in [7, 11) is 0. The van der Waals surface area contributed by atoms with Crippen molar-refractivity contribution >= 4 is 12.0 Å². The smallest absolute Gasteiger partial charge is 0.261 e. The molecule has 26 heavy (non-hydrogen) atoms. The molecule has 2 heterocycles. The molecule has 0 aliphatic carbocycles. The molecule has 0 spiro atoms. The number of H-pyrrole nitrogens is 1. The van der Waals surface area contributed by atoms with Gasteiger partial charge in [0.25, 0.3) is 5.56 Å². The molecule has 7 heteroatoms. The molecular formula is C19H29N5O2. The zero-order chi connectivity index (χ0) is 19.3. The Balaban J connectivity index is 2.09. The van der Waals surface area contributed by atoms with Crippen molar-refractivity contribution in [2.75, 3.05) is 18.4 Å². The Labute approximate surface area is 154 Å². The quantitative estimate of drug-likeness (QED) is 0.377. The van der Waals surface area contributed by atoms with Crippen LogP contribution >= 0.6 is 0 Å². The number of aromatic amines is 1. The zero-order valence-electron chi connectivity index (χ0n) is 16.2. The summed E-state index contributed by atoms with van der Waals surface area (Å²) in [5.41, 5.74) is -0.0406. The van der Waals surface area contributed by atoms with E-state index in [0.29, 0.717) is 11.6 Å². The van der Waals surface area contributed by atoms with Crippen LogP contribution in [0.15, 0.2) is 28.8 Å². The summed E-state index contributed by atoms with van der Waals surface area (Å²) in [5, 5.41) is 10.6. The molecule has 1 atom stereocenters. The Morgan fingerprint density at radius 1 is 1.38 bits per heavy atom. The van der Waals surface area contributed by atoms with Gasteiger partial charge < -0.3 is 20.4 Å². The van der Waals surface area contributed by atoms with Crippen LogP contribution in [0.3, 0.4) is 0 Å². The van der Waals surface area contributed by atoms with Crippen molar-refractivity contribution in [2.45, 2.75) is 52.8 Å². The van der Waals surface area contributed by atoms with Crippen LogP contribution in [0.1, 0.15) is 52.0 Å². The number of nitrogens with zero attached hydrogens (tertiary/aromatic N) is 2. The number of likely N-dealkylation sites (tertiary alicyclic amines) is 1. The Morgan fingerprint density at radius 2 is 2.08 bits per heavy atom. The second-order valence-electron chi connectivity index (χ2n) is 6.72. The fourth-order valence-electron chi connectivity index (χ4n) is 2.81. The zero-order valence-corrected chi connectivity index (χ0v) is 16.2. The van der Waals surface area contributed by atoms with Crippen LogP contribution in [0.2, 0.25) is 0 Å². The standard InChI is InChI=1S/C19H29N5O2/c1-6-8-14(7-2)26-15-10-24(11-15)13(5)17-22-18(21-12(3)4)16(9-20)19(25)23-17/h6-9,12-13,15,20H,10-11H2,1-5H3,(H2,21,22,23,25). The molecule has 1 aliphatic heterocycles. The van der Waals surface area contributed by atoms with E-state index < -0.39 is 0 Å². The monoisotopic (exact) mass is 359 g/mol. The van der Waals surface area contributed by atoms with Gasteiger partial charge >= 0.3 is 0 Å². The van der Waals surface area contributed by atoms with Gasteiger partial charge in [-0.25, -0.2) is 4.98 Å². The lowest BCUT2D eigenvalue weighted by molar-refractivity contribution is -0.0393. The van der Waals surface area contributed by atoms with Crippen molar-refractivity contribution in [3.8, 4) is 0 Å². The van der Waals surface area contributed by atoms with Gasteiger partial charge in [-0.15, -0.1) is 0 Å². The minimum atomic E-state index is -0.294. The topological polar surface area (TPSA) is 94.1 Å². The van der Waals surface area contributed by atoms with Crippen molar-refractivity contribution in [2.24, 2.45) is 0 Å². The average molecular weight is 359 g/mol. The summed E-state index contributed by atoms with van der Waals surface area (Å²) >= 11 is 0. The highest BCUT2D eigenvalue weighted by atomic mass is 16.5. The lowest BCUT2D eigenvalue weighted by atomic mass is 10.1. The van der Waals surface area contributed by atoms with E-state index in [9.17, 15) is 4.79 Å². The third-order valence-electron chi connectivity index (χ3n) is 4.28. The number of nitrogens with one attached hydrogen (secondary N) is 3. The number of ether oxygens (including phenoxy) is 1. The molecular weight excluding hydrogens is 330 g/mol. The van der Waals surface area contributed by atoms with E-state index in [1.165, 1.54) is 0 Å². The van der Waals surface area contributed by atoms with Gasteiger partial charge in [-0.05, 0) is 46.8 Å². The van der Waals surface area contributed by atoms with Gasteiger partial charge in [0.05, 0.1) is 11.6 Å². The molecule has 1 saturated heterocycles. The molecule has 3 N–H and O–H groups in total. The van der Waals surface area contributed by atoms with E-state index >= 15 is 0 Å². The summed E-state index contributed by atoms with van der Waals surface area (Å²) in [4.78, 5) is 21.9. The first kappa shape index (κ1) is 19.9. The number of aromatic nitrogens is 2. The molecule has 142 valence electrons. The molecule has 0 radical (unpaired) electrons.